The zero-order valence-corrected chi connectivity index (χ0v) is 13.6. The van der Waals surface area contributed by atoms with Crippen molar-refractivity contribution >= 4 is 34.6 Å². The maximum absolute atomic E-state index is 11.9. The van der Waals surface area contributed by atoms with E-state index in [-0.39, 0.29) is 12.5 Å². The number of nitrogens with zero attached hydrogens (tertiary/aromatic N) is 1. The maximum Gasteiger partial charge on any atom is 0.244 e. The second-order valence-electron chi connectivity index (χ2n) is 5.40. The molecule has 1 heterocycles. The number of aromatic nitrogens is 1. The van der Waals surface area contributed by atoms with E-state index in [4.69, 9.17) is 0 Å². The molecule has 2 N–H and O–H groups in total. The van der Waals surface area contributed by atoms with Crippen LogP contribution >= 0.6 is 11.8 Å². The summed E-state index contributed by atoms with van der Waals surface area (Å²) in [5, 5.41) is 13.7. The summed E-state index contributed by atoms with van der Waals surface area (Å²) in [6.45, 7) is 1.94. The molecule has 1 aromatic heterocycles. The van der Waals surface area contributed by atoms with Crippen molar-refractivity contribution in [2.75, 3.05) is 18.6 Å². The molecular formula is C17H20N2O2S. The summed E-state index contributed by atoms with van der Waals surface area (Å²) in [5.41, 5.74) is 0.941. The molecule has 0 aliphatic carbocycles. The maximum atomic E-state index is 11.9. The van der Waals surface area contributed by atoms with Crippen LogP contribution in [-0.2, 0) is 4.79 Å². The van der Waals surface area contributed by atoms with Gasteiger partial charge in [-0.2, -0.15) is 11.8 Å². The monoisotopic (exact) mass is 316 g/mol. The van der Waals surface area contributed by atoms with E-state index in [2.05, 4.69) is 10.3 Å². The molecule has 4 nitrogen and oxygen atoms in total. The summed E-state index contributed by atoms with van der Waals surface area (Å²) >= 11 is 1.55. The van der Waals surface area contributed by atoms with Gasteiger partial charge in [0, 0.05) is 30.0 Å². The van der Waals surface area contributed by atoms with E-state index >= 15 is 0 Å². The predicted molar refractivity (Wildman–Crippen MR) is 92.8 cm³/mol. The molecule has 0 saturated carbocycles. The molecule has 0 saturated heterocycles. The van der Waals surface area contributed by atoms with Crippen LogP contribution in [0.4, 0.5) is 0 Å². The summed E-state index contributed by atoms with van der Waals surface area (Å²) in [6.07, 6.45) is 6.90. The second kappa shape index (κ2) is 7.42. The number of hydrogen-bond acceptors (Lipinski definition) is 4. The Labute approximate surface area is 134 Å². The molecule has 0 fully saturated rings. The molecular weight excluding hydrogens is 296 g/mol. The molecule has 0 spiro atoms. The Morgan fingerprint density at radius 3 is 2.95 bits per heavy atom. The number of benzene rings is 1. The zero-order valence-electron chi connectivity index (χ0n) is 12.7. The van der Waals surface area contributed by atoms with Crippen LogP contribution in [0.1, 0.15) is 12.5 Å². The smallest absolute Gasteiger partial charge is 0.244 e. The number of hydrogen-bond donors (Lipinski definition) is 2. The van der Waals surface area contributed by atoms with Gasteiger partial charge in [-0.15, -0.1) is 0 Å². The highest BCUT2D eigenvalue weighted by molar-refractivity contribution is 7.98. The first kappa shape index (κ1) is 16.5. The van der Waals surface area contributed by atoms with E-state index in [0.29, 0.717) is 5.75 Å². The molecule has 2 aromatic rings. The van der Waals surface area contributed by atoms with Crippen LogP contribution in [0, 0.1) is 0 Å². The van der Waals surface area contributed by atoms with E-state index in [9.17, 15) is 9.90 Å². The van der Waals surface area contributed by atoms with E-state index in [1.54, 1.807) is 31.0 Å². The Hall–Kier alpha value is -1.85. The largest absolute Gasteiger partial charge is 0.387 e. The van der Waals surface area contributed by atoms with Crippen molar-refractivity contribution in [1.82, 2.24) is 10.3 Å². The molecule has 22 heavy (non-hydrogen) atoms. The van der Waals surface area contributed by atoms with Gasteiger partial charge in [0.05, 0.1) is 11.1 Å². The molecule has 0 bridgehead atoms. The van der Waals surface area contributed by atoms with Crippen molar-refractivity contribution in [3.8, 4) is 0 Å². The van der Waals surface area contributed by atoms with Gasteiger partial charge in [0.25, 0.3) is 0 Å². The molecule has 5 heteroatoms. The first-order valence-corrected chi connectivity index (χ1v) is 8.42. The number of carbonyl (C=O) groups is 1. The topological polar surface area (TPSA) is 62.2 Å². The molecule has 1 aromatic carbocycles. The van der Waals surface area contributed by atoms with Gasteiger partial charge in [-0.3, -0.25) is 9.78 Å². The molecule has 0 aliphatic rings. The second-order valence-corrected chi connectivity index (χ2v) is 6.26. The standard InChI is InChI=1S/C17H20N2O2S/c1-17(21,12-22-2)11-19-16(20)8-7-13-9-10-18-15-6-4-3-5-14(13)15/h3-10,21H,11-12H2,1-2H3,(H,19,20). The summed E-state index contributed by atoms with van der Waals surface area (Å²) in [4.78, 5) is 16.2. The minimum Gasteiger partial charge on any atom is -0.387 e. The lowest BCUT2D eigenvalue weighted by Crippen LogP contribution is -2.41. The normalized spacial score (nSPS) is 14.1. The average molecular weight is 316 g/mol. The Kier molecular flexibility index (Phi) is 5.57. The van der Waals surface area contributed by atoms with Gasteiger partial charge >= 0.3 is 0 Å². The van der Waals surface area contributed by atoms with Gasteiger partial charge in [-0.1, -0.05) is 18.2 Å². The van der Waals surface area contributed by atoms with Crippen molar-refractivity contribution < 1.29 is 9.90 Å². The summed E-state index contributed by atoms with van der Waals surface area (Å²) in [7, 11) is 0. The molecule has 1 amide bonds. The van der Waals surface area contributed by atoms with Crippen molar-refractivity contribution in [2.24, 2.45) is 0 Å². The molecule has 0 aliphatic heterocycles. The van der Waals surface area contributed by atoms with Crippen LogP contribution in [0.25, 0.3) is 17.0 Å². The zero-order chi connectivity index (χ0) is 16.0. The lowest BCUT2D eigenvalue weighted by molar-refractivity contribution is -0.117. The third-order valence-corrected chi connectivity index (χ3v) is 4.11. The van der Waals surface area contributed by atoms with Crippen molar-refractivity contribution in [1.29, 1.82) is 0 Å². The van der Waals surface area contributed by atoms with Gasteiger partial charge in [0.1, 0.15) is 0 Å². The van der Waals surface area contributed by atoms with Gasteiger partial charge < -0.3 is 10.4 Å². The number of fused-ring (bicyclic) bond motifs is 1. The summed E-state index contributed by atoms with van der Waals surface area (Å²) in [5.74, 6) is 0.355. The van der Waals surface area contributed by atoms with E-state index in [1.807, 2.05) is 36.6 Å². The van der Waals surface area contributed by atoms with E-state index < -0.39 is 5.60 Å². The minimum absolute atomic E-state index is 0.220. The Bertz CT molecular complexity index is 678. The van der Waals surface area contributed by atoms with Gasteiger partial charge in [-0.25, -0.2) is 0 Å². The van der Waals surface area contributed by atoms with Crippen LogP contribution in [-0.4, -0.2) is 40.2 Å². The van der Waals surface area contributed by atoms with Crippen LogP contribution in [0.2, 0.25) is 0 Å². The number of pyridine rings is 1. The fourth-order valence-electron chi connectivity index (χ4n) is 2.13. The highest BCUT2D eigenvalue weighted by Gasteiger charge is 2.19. The quantitative estimate of drug-likeness (QED) is 0.804. The Morgan fingerprint density at radius 1 is 1.41 bits per heavy atom. The first-order valence-electron chi connectivity index (χ1n) is 7.03. The molecule has 1 unspecified atom stereocenters. The number of nitrogens with one attached hydrogen (secondary N) is 1. The summed E-state index contributed by atoms with van der Waals surface area (Å²) < 4.78 is 0. The number of carbonyl (C=O) groups excluding carboxylic acids is 1. The fraction of sp³-hybridized carbons (Fsp3) is 0.294. The van der Waals surface area contributed by atoms with Crippen molar-refractivity contribution in [3.63, 3.8) is 0 Å². The third kappa shape index (κ3) is 4.58. The highest BCUT2D eigenvalue weighted by Crippen LogP contribution is 2.17. The van der Waals surface area contributed by atoms with Gasteiger partial charge in [0.2, 0.25) is 5.91 Å². The Balaban J connectivity index is 2.03. The van der Waals surface area contributed by atoms with Crippen LogP contribution < -0.4 is 5.32 Å². The fourth-order valence-corrected chi connectivity index (χ4v) is 2.85. The highest BCUT2D eigenvalue weighted by atomic mass is 32.2. The first-order chi connectivity index (χ1) is 10.5. The van der Waals surface area contributed by atoms with Crippen LogP contribution in [0.5, 0.6) is 0 Å². The lowest BCUT2D eigenvalue weighted by atomic mass is 10.1. The van der Waals surface area contributed by atoms with Gasteiger partial charge in [-0.05, 0) is 37.0 Å². The van der Waals surface area contributed by atoms with E-state index in [0.717, 1.165) is 16.5 Å². The summed E-state index contributed by atoms with van der Waals surface area (Å²) in [6, 6.07) is 9.66. The SMILES string of the molecule is CSCC(C)(O)CNC(=O)C=Cc1ccnc2ccccc12. The number of rotatable bonds is 6. The minimum atomic E-state index is -0.897. The number of amides is 1. The lowest BCUT2D eigenvalue weighted by Gasteiger charge is -2.21. The third-order valence-electron chi connectivity index (χ3n) is 3.20. The van der Waals surface area contributed by atoms with Crippen molar-refractivity contribution in [3.05, 3.63) is 48.2 Å². The predicted octanol–water partition coefficient (Wildman–Crippen LogP) is 2.48. The van der Waals surface area contributed by atoms with Crippen LogP contribution in [0.15, 0.2) is 42.6 Å². The average Bonchev–Trinajstić information content (AvgIpc) is 2.51. The van der Waals surface area contributed by atoms with Crippen molar-refractivity contribution in [2.45, 2.75) is 12.5 Å². The molecule has 116 valence electrons. The number of aliphatic hydroxyl groups is 1. The Morgan fingerprint density at radius 2 is 2.18 bits per heavy atom. The van der Waals surface area contributed by atoms with Crippen LogP contribution in [0.3, 0.4) is 0 Å². The molecule has 0 radical (unpaired) electrons. The number of thioether (sulfide) groups is 1. The van der Waals surface area contributed by atoms with Gasteiger partial charge in [0.15, 0.2) is 0 Å². The number of para-hydroxylation sites is 1. The molecule has 2 rings (SSSR count). The molecule has 1 atom stereocenters. The van der Waals surface area contributed by atoms with E-state index in [1.165, 1.54) is 6.08 Å².